The van der Waals surface area contributed by atoms with Crippen molar-refractivity contribution in [2.24, 2.45) is 0 Å². The van der Waals surface area contributed by atoms with E-state index in [2.05, 4.69) is 35.2 Å². The highest BCUT2D eigenvalue weighted by molar-refractivity contribution is 14.1. The van der Waals surface area contributed by atoms with Gasteiger partial charge in [-0.3, -0.25) is 4.79 Å². The molecule has 0 saturated carbocycles. The highest BCUT2D eigenvalue weighted by Crippen LogP contribution is 2.17. The molecule has 1 aromatic carbocycles. The number of benzene rings is 1. The molecule has 0 heterocycles. The van der Waals surface area contributed by atoms with Gasteiger partial charge < -0.3 is 5.11 Å². The topological polar surface area (TPSA) is 37.3 Å². The molecule has 0 atom stereocenters. The van der Waals surface area contributed by atoms with Crippen molar-refractivity contribution in [2.75, 3.05) is 0 Å². The minimum Gasteiger partial charge on any atom is -0.481 e. The standard InChI is InChI=1S/C8H7IO2S/c9-6-3-5(4-8(10)11)1-2-7(6)12/h1-3,12H,4H2,(H,10,11). The molecule has 0 aliphatic carbocycles. The Balaban J connectivity index is 2.89. The molecule has 2 nitrogen and oxygen atoms in total. The van der Waals surface area contributed by atoms with Crippen LogP contribution in [0.4, 0.5) is 0 Å². The van der Waals surface area contributed by atoms with Crippen molar-refractivity contribution in [1.29, 1.82) is 0 Å². The van der Waals surface area contributed by atoms with Crippen molar-refractivity contribution in [2.45, 2.75) is 11.3 Å². The average molecular weight is 294 g/mol. The summed E-state index contributed by atoms with van der Waals surface area (Å²) >= 11 is 6.31. The Morgan fingerprint density at radius 3 is 2.75 bits per heavy atom. The first-order valence-electron chi connectivity index (χ1n) is 3.29. The second-order valence-corrected chi connectivity index (χ2v) is 4.00. The van der Waals surface area contributed by atoms with Crippen LogP contribution in [0.5, 0.6) is 0 Å². The molecule has 0 bridgehead atoms. The predicted molar refractivity (Wildman–Crippen MR) is 57.8 cm³/mol. The number of halogens is 1. The van der Waals surface area contributed by atoms with Crippen LogP contribution in [0.3, 0.4) is 0 Å². The third kappa shape index (κ3) is 2.67. The zero-order chi connectivity index (χ0) is 9.14. The van der Waals surface area contributed by atoms with Crippen molar-refractivity contribution in [3.05, 3.63) is 27.3 Å². The van der Waals surface area contributed by atoms with E-state index in [9.17, 15) is 4.79 Å². The van der Waals surface area contributed by atoms with Crippen LogP contribution < -0.4 is 0 Å². The van der Waals surface area contributed by atoms with Crippen molar-refractivity contribution in [3.63, 3.8) is 0 Å². The van der Waals surface area contributed by atoms with Gasteiger partial charge in [-0.05, 0) is 40.3 Å². The second-order valence-electron chi connectivity index (χ2n) is 2.36. The lowest BCUT2D eigenvalue weighted by Crippen LogP contribution is -1.99. The third-order valence-electron chi connectivity index (χ3n) is 1.37. The van der Waals surface area contributed by atoms with Gasteiger partial charge in [-0.1, -0.05) is 6.07 Å². The van der Waals surface area contributed by atoms with Crippen LogP contribution in [0.1, 0.15) is 5.56 Å². The van der Waals surface area contributed by atoms with Gasteiger partial charge in [-0.2, -0.15) is 0 Å². The first-order chi connectivity index (χ1) is 5.59. The van der Waals surface area contributed by atoms with E-state index in [0.717, 1.165) is 14.0 Å². The largest absolute Gasteiger partial charge is 0.481 e. The van der Waals surface area contributed by atoms with Crippen molar-refractivity contribution in [3.8, 4) is 0 Å². The van der Waals surface area contributed by atoms with Crippen molar-refractivity contribution < 1.29 is 9.90 Å². The Morgan fingerprint density at radius 1 is 1.58 bits per heavy atom. The molecule has 0 aliphatic heterocycles. The minimum absolute atomic E-state index is 0.0735. The lowest BCUT2D eigenvalue weighted by atomic mass is 10.2. The predicted octanol–water partition coefficient (Wildman–Crippen LogP) is 2.21. The number of aliphatic carboxylic acids is 1. The summed E-state index contributed by atoms with van der Waals surface area (Å²) in [5.74, 6) is -0.808. The summed E-state index contributed by atoms with van der Waals surface area (Å²) in [6.07, 6.45) is 0.0735. The van der Waals surface area contributed by atoms with Gasteiger partial charge in [-0.25, -0.2) is 0 Å². The van der Waals surface area contributed by atoms with Crippen molar-refractivity contribution in [1.82, 2.24) is 0 Å². The number of thiol groups is 1. The van der Waals surface area contributed by atoms with E-state index in [1.165, 1.54) is 0 Å². The SMILES string of the molecule is O=C(O)Cc1ccc(S)c(I)c1. The summed E-state index contributed by atoms with van der Waals surface area (Å²) in [6, 6.07) is 5.42. The van der Waals surface area contributed by atoms with Gasteiger partial charge in [0.1, 0.15) is 0 Å². The number of hydrogen-bond acceptors (Lipinski definition) is 2. The fourth-order valence-corrected chi connectivity index (χ4v) is 1.55. The molecular formula is C8H7IO2S. The van der Waals surface area contributed by atoms with Gasteiger partial charge in [0.2, 0.25) is 0 Å². The zero-order valence-electron chi connectivity index (χ0n) is 6.12. The number of carboxylic acids is 1. The van der Waals surface area contributed by atoms with E-state index >= 15 is 0 Å². The summed E-state index contributed by atoms with van der Waals surface area (Å²) in [5.41, 5.74) is 0.810. The molecule has 4 heteroatoms. The van der Waals surface area contributed by atoms with E-state index in [-0.39, 0.29) is 6.42 Å². The molecule has 1 rings (SSSR count). The molecule has 1 N–H and O–H groups in total. The number of carbonyl (C=O) groups is 1. The first kappa shape index (κ1) is 9.85. The molecule has 12 heavy (non-hydrogen) atoms. The molecule has 64 valence electrons. The van der Waals surface area contributed by atoms with Gasteiger partial charge in [0.05, 0.1) is 6.42 Å². The Labute approximate surface area is 89.5 Å². The van der Waals surface area contributed by atoms with E-state index in [1.54, 1.807) is 6.07 Å². The molecule has 0 aliphatic rings. The summed E-state index contributed by atoms with van der Waals surface area (Å²) < 4.78 is 0.981. The number of carboxylic acid groups (broad SMARTS) is 1. The molecular weight excluding hydrogens is 287 g/mol. The van der Waals surface area contributed by atoms with Gasteiger partial charge in [0.25, 0.3) is 0 Å². The molecule has 1 aromatic rings. The van der Waals surface area contributed by atoms with Gasteiger partial charge in [0.15, 0.2) is 0 Å². The lowest BCUT2D eigenvalue weighted by Gasteiger charge is -1.99. The molecule has 0 unspecified atom stereocenters. The Bertz CT molecular complexity index is 312. The van der Waals surface area contributed by atoms with E-state index in [0.29, 0.717) is 0 Å². The van der Waals surface area contributed by atoms with Crippen LogP contribution in [0.25, 0.3) is 0 Å². The highest BCUT2D eigenvalue weighted by Gasteiger charge is 2.01. The molecule has 0 aromatic heterocycles. The van der Waals surface area contributed by atoms with Crippen LogP contribution in [0, 0.1) is 3.57 Å². The van der Waals surface area contributed by atoms with Crippen LogP contribution in [-0.2, 0) is 11.2 Å². The summed E-state index contributed by atoms with van der Waals surface area (Å²) in [6.45, 7) is 0. The third-order valence-corrected chi connectivity index (χ3v) is 3.08. The molecule has 0 spiro atoms. The summed E-state index contributed by atoms with van der Waals surface area (Å²) in [4.78, 5) is 11.2. The maximum atomic E-state index is 10.3. The van der Waals surface area contributed by atoms with Crippen LogP contribution >= 0.6 is 35.2 Å². The zero-order valence-corrected chi connectivity index (χ0v) is 9.17. The highest BCUT2D eigenvalue weighted by atomic mass is 127. The second kappa shape index (κ2) is 4.13. The van der Waals surface area contributed by atoms with Crippen molar-refractivity contribution >= 4 is 41.2 Å². The minimum atomic E-state index is -0.808. The Hall–Kier alpha value is -0.230. The van der Waals surface area contributed by atoms with E-state index < -0.39 is 5.97 Å². The van der Waals surface area contributed by atoms with Crippen LogP contribution in [-0.4, -0.2) is 11.1 Å². The molecule has 0 saturated heterocycles. The normalized spacial score (nSPS) is 9.83. The molecule has 0 radical (unpaired) electrons. The maximum absolute atomic E-state index is 10.3. The van der Waals surface area contributed by atoms with Crippen LogP contribution in [0.15, 0.2) is 23.1 Å². The summed E-state index contributed by atoms with van der Waals surface area (Å²) in [7, 11) is 0. The molecule has 0 fully saturated rings. The quantitative estimate of drug-likeness (QED) is 0.648. The average Bonchev–Trinajstić information content (AvgIpc) is 1.96. The Morgan fingerprint density at radius 2 is 2.25 bits per heavy atom. The van der Waals surface area contributed by atoms with E-state index in [4.69, 9.17) is 5.11 Å². The van der Waals surface area contributed by atoms with Gasteiger partial charge in [-0.15, -0.1) is 12.6 Å². The van der Waals surface area contributed by atoms with Crippen LogP contribution in [0.2, 0.25) is 0 Å². The maximum Gasteiger partial charge on any atom is 0.307 e. The van der Waals surface area contributed by atoms with Gasteiger partial charge in [0, 0.05) is 8.47 Å². The lowest BCUT2D eigenvalue weighted by molar-refractivity contribution is -0.136. The fourth-order valence-electron chi connectivity index (χ4n) is 0.835. The number of rotatable bonds is 2. The first-order valence-corrected chi connectivity index (χ1v) is 4.81. The fraction of sp³-hybridized carbons (Fsp3) is 0.125. The van der Waals surface area contributed by atoms with Gasteiger partial charge >= 0.3 is 5.97 Å². The number of hydrogen-bond donors (Lipinski definition) is 2. The monoisotopic (exact) mass is 294 g/mol. The Kier molecular flexibility index (Phi) is 3.39. The smallest absolute Gasteiger partial charge is 0.307 e. The molecule has 0 amide bonds. The summed E-state index contributed by atoms with van der Waals surface area (Å²) in [5, 5.41) is 8.51. The van der Waals surface area contributed by atoms with E-state index in [1.807, 2.05) is 12.1 Å².